The SMILES string of the molecule is CCC(C#N)(/C=C\c1ccccc1)c1ccccc1. The Labute approximate surface area is 114 Å². The van der Waals surface area contributed by atoms with Crippen molar-refractivity contribution < 1.29 is 0 Å². The summed E-state index contributed by atoms with van der Waals surface area (Å²) in [5.41, 5.74) is 1.62. The highest BCUT2D eigenvalue weighted by Gasteiger charge is 2.26. The molecule has 19 heavy (non-hydrogen) atoms. The molecule has 1 atom stereocenters. The van der Waals surface area contributed by atoms with Gasteiger partial charge in [0.05, 0.1) is 6.07 Å². The molecule has 0 aliphatic carbocycles. The lowest BCUT2D eigenvalue weighted by atomic mass is 9.79. The van der Waals surface area contributed by atoms with E-state index in [1.807, 2.05) is 79.7 Å². The largest absolute Gasteiger partial charge is 0.197 e. The molecule has 0 saturated carbocycles. The van der Waals surface area contributed by atoms with E-state index in [4.69, 9.17) is 0 Å². The predicted molar refractivity (Wildman–Crippen MR) is 79.5 cm³/mol. The van der Waals surface area contributed by atoms with Crippen molar-refractivity contribution in [2.45, 2.75) is 18.8 Å². The van der Waals surface area contributed by atoms with Crippen LogP contribution in [0.4, 0.5) is 0 Å². The number of rotatable bonds is 4. The van der Waals surface area contributed by atoms with Gasteiger partial charge in [-0.15, -0.1) is 0 Å². The molecule has 0 amide bonds. The molecule has 0 fully saturated rings. The fourth-order valence-electron chi connectivity index (χ4n) is 2.14. The first-order valence-electron chi connectivity index (χ1n) is 6.52. The van der Waals surface area contributed by atoms with Crippen molar-refractivity contribution in [2.24, 2.45) is 0 Å². The van der Waals surface area contributed by atoms with Crippen molar-refractivity contribution in [1.29, 1.82) is 5.26 Å². The van der Waals surface area contributed by atoms with Crippen molar-refractivity contribution in [1.82, 2.24) is 0 Å². The molecule has 1 heteroatoms. The van der Waals surface area contributed by atoms with Gasteiger partial charge in [0.1, 0.15) is 5.41 Å². The van der Waals surface area contributed by atoms with E-state index in [1.165, 1.54) is 0 Å². The van der Waals surface area contributed by atoms with E-state index in [1.54, 1.807) is 0 Å². The van der Waals surface area contributed by atoms with Gasteiger partial charge in [-0.05, 0) is 17.5 Å². The summed E-state index contributed by atoms with van der Waals surface area (Å²) in [5, 5.41) is 9.61. The van der Waals surface area contributed by atoms with Gasteiger partial charge in [-0.25, -0.2) is 0 Å². The number of nitriles is 1. The highest BCUT2D eigenvalue weighted by molar-refractivity contribution is 5.54. The number of benzene rings is 2. The number of hydrogen-bond donors (Lipinski definition) is 0. The van der Waals surface area contributed by atoms with E-state index >= 15 is 0 Å². The third kappa shape index (κ3) is 2.92. The van der Waals surface area contributed by atoms with Gasteiger partial charge in [0, 0.05) is 0 Å². The standard InChI is InChI=1S/C18H17N/c1-2-18(15-19,17-11-7-4-8-12-17)14-13-16-9-5-3-6-10-16/h3-14H,2H2,1H3/b14-13-. The topological polar surface area (TPSA) is 23.8 Å². The minimum absolute atomic E-state index is 0.545. The zero-order valence-electron chi connectivity index (χ0n) is 11.1. The Morgan fingerprint density at radius 3 is 2.11 bits per heavy atom. The van der Waals surface area contributed by atoms with Crippen LogP contribution in [0.25, 0.3) is 6.08 Å². The van der Waals surface area contributed by atoms with Crippen LogP contribution in [0.15, 0.2) is 66.7 Å². The van der Waals surface area contributed by atoms with Crippen molar-refractivity contribution >= 4 is 6.08 Å². The van der Waals surface area contributed by atoms with Crippen LogP contribution in [-0.2, 0) is 5.41 Å². The highest BCUT2D eigenvalue weighted by Crippen LogP contribution is 2.29. The number of hydrogen-bond acceptors (Lipinski definition) is 1. The lowest BCUT2D eigenvalue weighted by Gasteiger charge is -2.21. The zero-order valence-corrected chi connectivity index (χ0v) is 11.1. The molecule has 2 rings (SSSR count). The van der Waals surface area contributed by atoms with Crippen molar-refractivity contribution in [3.8, 4) is 6.07 Å². The minimum atomic E-state index is -0.545. The Kier molecular flexibility index (Phi) is 4.15. The van der Waals surface area contributed by atoms with Crippen LogP contribution < -0.4 is 0 Å². The van der Waals surface area contributed by atoms with Crippen LogP contribution >= 0.6 is 0 Å². The Morgan fingerprint density at radius 1 is 1.00 bits per heavy atom. The quantitative estimate of drug-likeness (QED) is 0.776. The van der Waals surface area contributed by atoms with E-state index in [9.17, 15) is 5.26 Å². The van der Waals surface area contributed by atoms with Gasteiger partial charge in [0.25, 0.3) is 0 Å². The van der Waals surface area contributed by atoms with Crippen molar-refractivity contribution in [3.63, 3.8) is 0 Å². The van der Waals surface area contributed by atoms with Gasteiger partial charge in [-0.1, -0.05) is 79.7 Å². The number of nitrogens with zero attached hydrogens (tertiary/aromatic N) is 1. The van der Waals surface area contributed by atoms with Gasteiger partial charge in [0.15, 0.2) is 0 Å². The normalized spacial score (nSPS) is 13.9. The molecule has 2 aromatic carbocycles. The Balaban J connectivity index is 2.37. The second kappa shape index (κ2) is 6.02. The second-order valence-electron chi connectivity index (χ2n) is 4.55. The smallest absolute Gasteiger partial charge is 0.100 e. The summed E-state index contributed by atoms with van der Waals surface area (Å²) in [6.07, 6.45) is 4.80. The molecule has 94 valence electrons. The van der Waals surface area contributed by atoms with E-state index in [-0.39, 0.29) is 0 Å². The summed E-state index contributed by atoms with van der Waals surface area (Å²) in [7, 11) is 0. The molecule has 0 N–H and O–H groups in total. The molecule has 0 saturated heterocycles. The average molecular weight is 247 g/mol. The summed E-state index contributed by atoms with van der Waals surface area (Å²) in [6, 6.07) is 22.5. The van der Waals surface area contributed by atoms with Crippen molar-refractivity contribution in [2.75, 3.05) is 0 Å². The first-order valence-corrected chi connectivity index (χ1v) is 6.52. The van der Waals surface area contributed by atoms with Gasteiger partial charge in [-0.2, -0.15) is 5.26 Å². The zero-order chi connectivity index (χ0) is 13.6. The summed E-state index contributed by atoms with van der Waals surface area (Å²) in [4.78, 5) is 0. The Hall–Kier alpha value is -2.33. The molecular weight excluding hydrogens is 230 g/mol. The maximum atomic E-state index is 9.61. The molecule has 1 nitrogen and oxygen atoms in total. The van der Waals surface area contributed by atoms with E-state index < -0.39 is 5.41 Å². The highest BCUT2D eigenvalue weighted by atomic mass is 14.4. The fraction of sp³-hybridized carbons (Fsp3) is 0.167. The summed E-state index contributed by atoms with van der Waals surface area (Å²) >= 11 is 0. The maximum Gasteiger partial charge on any atom is 0.100 e. The third-order valence-corrected chi connectivity index (χ3v) is 3.41. The van der Waals surface area contributed by atoms with Crippen LogP contribution in [0.3, 0.4) is 0 Å². The number of allylic oxidation sites excluding steroid dienone is 1. The van der Waals surface area contributed by atoms with Crippen LogP contribution in [0.5, 0.6) is 0 Å². The van der Waals surface area contributed by atoms with Gasteiger partial charge < -0.3 is 0 Å². The monoisotopic (exact) mass is 247 g/mol. The molecule has 0 aromatic heterocycles. The summed E-state index contributed by atoms with van der Waals surface area (Å²) in [6.45, 7) is 2.05. The van der Waals surface area contributed by atoms with Gasteiger partial charge in [-0.3, -0.25) is 0 Å². The van der Waals surface area contributed by atoms with E-state index in [0.29, 0.717) is 0 Å². The van der Waals surface area contributed by atoms with Crippen LogP contribution in [0.2, 0.25) is 0 Å². The lowest BCUT2D eigenvalue weighted by molar-refractivity contribution is 0.660. The van der Waals surface area contributed by atoms with E-state index in [0.717, 1.165) is 17.5 Å². The Bertz CT molecular complexity index is 578. The van der Waals surface area contributed by atoms with Crippen LogP contribution in [0, 0.1) is 11.3 Å². The molecular formula is C18H17N. The molecule has 0 aliphatic heterocycles. The molecule has 0 spiro atoms. The first kappa shape index (κ1) is 13.1. The van der Waals surface area contributed by atoms with Crippen LogP contribution in [-0.4, -0.2) is 0 Å². The molecule has 2 aromatic rings. The molecule has 0 aliphatic rings. The van der Waals surface area contributed by atoms with Gasteiger partial charge in [0.2, 0.25) is 0 Å². The Morgan fingerprint density at radius 2 is 1.58 bits per heavy atom. The predicted octanol–water partition coefficient (Wildman–Crippen LogP) is 4.57. The third-order valence-electron chi connectivity index (χ3n) is 3.41. The minimum Gasteiger partial charge on any atom is -0.197 e. The molecule has 0 heterocycles. The second-order valence-corrected chi connectivity index (χ2v) is 4.55. The molecule has 0 radical (unpaired) electrons. The van der Waals surface area contributed by atoms with E-state index in [2.05, 4.69) is 6.07 Å². The lowest BCUT2D eigenvalue weighted by Crippen LogP contribution is -2.19. The molecule has 1 unspecified atom stereocenters. The van der Waals surface area contributed by atoms with Crippen LogP contribution in [0.1, 0.15) is 24.5 Å². The summed E-state index contributed by atoms with van der Waals surface area (Å²) < 4.78 is 0. The van der Waals surface area contributed by atoms with Gasteiger partial charge >= 0.3 is 0 Å². The fourth-order valence-corrected chi connectivity index (χ4v) is 2.14. The first-order chi connectivity index (χ1) is 9.30. The maximum absolute atomic E-state index is 9.61. The summed E-state index contributed by atoms with van der Waals surface area (Å²) in [5.74, 6) is 0. The van der Waals surface area contributed by atoms with Crippen molar-refractivity contribution in [3.05, 3.63) is 77.9 Å². The average Bonchev–Trinajstić information content (AvgIpc) is 2.51. The molecule has 0 bridgehead atoms.